The van der Waals surface area contributed by atoms with Gasteiger partial charge in [0.2, 0.25) is 0 Å². The number of aryl methyl sites for hydroxylation is 2. The molecular formula is C22H26N2O5S. The number of nitrogens with zero attached hydrogens (tertiary/aromatic N) is 2. The summed E-state index contributed by atoms with van der Waals surface area (Å²) in [5.41, 5.74) is 1.50. The minimum atomic E-state index is -0.792. The number of methoxy groups -OCH3 is 1. The summed E-state index contributed by atoms with van der Waals surface area (Å²) < 4.78 is 17.0. The van der Waals surface area contributed by atoms with Gasteiger partial charge in [0.05, 0.1) is 18.6 Å². The summed E-state index contributed by atoms with van der Waals surface area (Å²) in [5, 5.41) is 0.517. The van der Waals surface area contributed by atoms with Gasteiger partial charge in [0, 0.05) is 17.6 Å². The monoisotopic (exact) mass is 430 g/mol. The molecule has 0 amide bonds. The zero-order valence-corrected chi connectivity index (χ0v) is 18.7. The molecule has 0 spiro atoms. The zero-order chi connectivity index (χ0) is 21.8. The standard InChI is InChI=1S/C22H26N2O5S/c1-6-28-17-9-7-16(8-10-17)18-14(3)30-20-19(18)21(25)24(15(4)23-20)13(2)22(26)29-12-11-27-5/h7-10,13H,6,11-12H2,1-5H3. The largest absolute Gasteiger partial charge is 0.494 e. The summed E-state index contributed by atoms with van der Waals surface area (Å²) in [7, 11) is 1.53. The Morgan fingerprint density at radius 1 is 1.20 bits per heavy atom. The number of ether oxygens (including phenoxy) is 3. The van der Waals surface area contributed by atoms with Crippen LogP contribution in [0.2, 0.25) is 0 Å². The van der Waals surface area contributed by atoms with Gasteiger partial charge in [-0.1, -0.05) is 12.1 Å². The number of thiophene rings is 1. The number of esters is 1. The quantitative estimate of drug-likeness (QED) is 0.398. The lowest BCUT2D eigenvalue weighted by Gasteiger charge is -2.17. The Bertz CT molecular complexity index is 1100. The number of carbonyl (C=O) groups excluding carboxylic acids is 1. The predicted octanol–water partition coefficient (Wildman–Crippen LogP) is 3.89. The third kappa shape index (κ3) is 4.24. The van der Waals surface area contributed by atoms with Gasteiger partial charge in [-0.15, -0.1) is 11.3 Å². The normalized spacial score (nSPS) is 12.2. The Kier molecular flexibility index (Phi) is 6.89. The van der Waals surface area contributed by atoms with E-state index in [9.17, 15) is 9.59 Å². The summed E-state index contributed by atoms with van der Waals surface area (Å²) in [6, 6.07) is 6.85. The highest BCUT2D eigenvalue weighted by Crippen LogP contribution is 2.36. The average molecular weight is 431 g/mol. The highest BCUT2D eigenvalue weighted by Gasteiger charge is 2.24. The van der Waals surface area contributed by atoms with Gasteiger partial charge in [-0.2, -0.15) is 0 Å². The van der Waals surface area contributed by atoms with Gasteiger partial charge in [0.1, 0.15) is 29.1 Å². The maximum atomic E-state index is 13.5. The van der Waals surface area contributed by atoms with Gasteiger partial charge in [0.15, 0.2) is 0 Å². The molecule has 0 bridgehead atoms. The second-order valence-corrected chi connectivity index (χ2v) is 8.04. The van der Waals surface area contributed by atoms with Gasteiger partial charge < -0.3 is 14.2 Å². The Balaban J connectivity index is 2.08. The van der Waals surface area contributed by atoms with Crippen LogP contribution in [0.1, 0.15) is 30.6 Å². The maximum absolute atomic E-state index is 13.5. The first-order chi connectivity index (χ1) is 14.4. The van der Waals surface area contributed by atoms with Crippen LogP contribution >= 0.6 is 11.3 Å². The number of hydrogen-bond donors (Lipinski definition) is 0. The highest BCUT2D eigenvalue weighted by molar-refractivity contribution is 7.19. The fraction of sp³-hybridized carbons (Fsp3) is 0.409. The molecule has 2 heterocycles. The average Bonchev–Trinajstić information content (AvgIpc) is 3.04. The lowest BCUT2D eigenvalue weighted by molar-refractivity contribution is -0.148. The number of hydrogen-bond acceptors (Lipinski definition) is 7. The van der Waals surface area contributed by atoms with E-state index in [1.165, 1.54) is 23.0 Å². The van der Waals surface area contributed by atoms with Crippen molar-refractivity contribution >= 4 is 27.5 Å². The first-order valence-electron chi connectivity index (χ1n) is 9.80. The number of carbonyl (C=O) groups is 1. The number of benzene rings is 1. The number of rotatable bonds is 8. The third-order valence-electron chi connectivity index (χ3n) is 4.82. The SMILES string of the molecule is CCOc1ccc(-c2c(C)sc3nc(C)n(C(C)C(=O)OCCOC)c(=O)c23)cc1. The molecular weight excluding hydrogens is 404 g/mol. The predicted molar refractivity (Wildman–Crippen MR) is 118 cm³/mol. The molecule has 3 rings (SSSR count). The minimum Gasteiger partial charge on any atom is -0.494 e. The third-order valence-corrected chi connectivity index (χ3v) is 5.82. The molecule has 0 aliphatic carbocycles. The molecule has 0 saturated carbocycles. The Hall–Kier alpha value is -2.71. The van der Waals surface area contributed by atoms with Crippen molar-refractivity contribution in [1.29, 1.82) is 0 Å². The van der Waals surface area contributed by atoms with Gasteiger partial charge in [-0.05, 0) is 45.4 Å². The topological polar surface area (TPSA) is 79.7 Å². The van der Waals surface area contributed by atoms with Gasteiger partial charge in [-0.25, -0.2) is 9.78 Å². The lowest BCUT2D eigenvalue weighted by Crippen LogP contribution is -2.32. The van der Waals surface area contributed by atoms with Gasteiger partial charge >= 0.3 is 5.97 Å². The summed E-state index contributed by atoms with van der Waals surface area (Å²) in [6.45, 7) is 8.31. The first-order valence-corrected chi connectivity index (χ1v) is 10.6. The maximum Gasteiger partial charge on any atom is 0.329 e. The second-order valence-electron chi connectivity index (χ2n) is 6.84. The molecule has 1 aromatic carbocycles. The Morgan fingerprint density at radius 2 is 1.90 bits per heavy atom. The molecule has 1 unspecified atom stereocenters. The molecule has 3 aromatic rings. The summed E-state index contributed by atoms with van der Waals surface area (Å²) in [6.07, 6.45) is 0. The molecule has 1 atom stereocenters. The van der Waals surface area contributed by atoms with Crippen molar-refractivity contribution in [2.75, 3.05) is 26.9 Å². The number of fused-ring (bicyclic) bond motifs is 1. The van der Waals surface area contributed by atoms with Crippen molar-refractivity contribution in [2.45, 2.75) is 33.7 Å². The molecule has 0 saturated heterocycles. The second kappa shape index (κ2) is 9.40. The van der Waals surface area contributed by atoms with E-state index in [1.54, 1.807) is 13.8 Å². The van der Waals surface area contributed by atoms with Crippen molar-refractivity contribution in [2.24, 2.45) is 0 Å². The molecule has 0 radical (unpaired) electrons. The van der Waals surface area contributed by atoms with Crippen LogP contribution in [0.3, 0.4) is 0 Å². The summed E-state index contributed by atoms with van der Waals surface area (Å²) in [4.78, 5) is 32.2. The molecule has 0 aliphatic heterocycles. The molecule has 2 aromatic heterocycles. The van der Waals surface area contributed by atoms with E-state index in [0.717, 1.165) is 21.8 Å². The van der Waals surface area contributed by atoms with E-state index >= 15 is 0 Å². The van der Waals surface area contributed by atoms with Crippen LogP contribution in [-0.2, 0) is 14.3 Å². The van der Waals surface area contributed by atoms with Crippen molar-refractivity contribution in [1.82, 2.24) is 9.55 Å². The molecule has 0 aliphatic rings. The zero-order valence-electron chi connectivity index (χ0n) is 17.9. The lowest BCUT2D eigenvalue weighted by atomic mass is 10.0. The summed E-state index contributed by atoms with van der Waals surface area (Å²) >= 11 is 1.47. The summed E-state index contributed by atoms with van der Waals surface area (Å²) in [5.74, 6) is 0.758. The van der Waals surface area contributed by atoms with E-state index in [0.29, 0.717) is 29.3 Å². The Labute approximate surface area is 179 Å². The smallest absolute Gasteiger partial charge is 0.329 e. The van der Waals surface area contributed by atoms with E-state index in [2.05, 4.69) is 4.98 Å². The number of aromatic nitrogens is 2. The van der Waals surface area contributed by atoms with E-state index in [1.807, 2.05) is 38.1 Å². The molecule has 0 N–H and O–H groups in total. The van der Waals surface area contributed by atoms with E-state index < -0.39 is 12.0 Å². The van der Waals surface area contributed by atoms with Gasteiger partial charge in [-0.3, -0.25) is 9.36 Å². The first kappa shape index (κ1) is 22.0. The van der Waals surface area contributed by atoms with E-state index in [-0.39, 0.29) is 12.2 Å². The molecule has 30 heavy (non-hydrogen) atoms. The van der Waals surface area contributed by atoms with Crippen LogP contribution in [0.5, 0.6) is 5.75 Å². The molecule has 8 heteroatoms. The van der Waals surface area contributed by atoms with Crippen LogP contribution in [0.25, 0.3) is 21.3 Å². The Morgan fingerprint density at radius 3 is 2.53 bits per heavy atom. The molecule has 7 nitrogen and oxygen atoms in total. The van der Waals surface area contributed by atoms with Gasteiger partial charge in [0.25, 0.3) is 5.56 Å². The van der Waals surface area contributed by atoms with Crippen molar-refractivity contribution in [3.05, 3.63) is 45.3 Å². The van der Waals surface area contributed by atoms with E-state index in [4.69, 9.17) is 14.2 Å². The molecule has 160 valence electrons. The fourth-order valence-corrected chi connectivity index (χ4v) is 4.50. The van der Waals surface area contributed by atoms with Crippen LogP contribution in [0, 0.1) is 13.8 Å². The fourth-order valence-electron chi connectivity index (χ4n) is 3.42. The van der Waals surface area contributed by atoms with Crippen molar-refractivity contribution in [3.8, 4) is 16.9 Å². The van der Waals surface area contributed by atoms with Crippen molar-refractivity contribution < 1.29 is 19.0 Å². The van der Waals surface area contributed by atoms with Crippen LogP contribution < -0.4 is 10.3 Å². The highest BCUT2D eigenvalue weighted by atomic mass is 32.1. The van der Waals surface area contributed by atoms with Crippen LogP contribution in [0.15, 0.2) is 29.1 Å². The van der Waals surface area contributed by atoms with Crippen LogP contribution in [-0.4, -0.2) is 42.5 Å². The van der Waals surface area contributed by atoms with Crippen molar-refractivity contribution in [3.63, 3.8) is 0 Å². The minimum absolute atomic E-state index is 0.137. The molecule has 0 fully saturated rings. The van der Waals surface area contributed by atoms with Crippen LogP contribution in [0.4, 0.5) is 0 Å².